The maximum Gasteiger partial charge on any atom is 0.413 e. The Hall–Kier alpha value is -2.19. The van der Waals surface area contributed by atoms with Gasteiger partial charge in [0.1, 0.15) is 17.0 Å². The molecule has 30 heavy (non-hydrogen) atoms. The molecule has 1 atom stereocenters. The summed E-state index contributed by atoms with van der Waals surface area (Å²) >= 11 is 0. The summed E-state index contributed by atoms with van der Waals surface area (Å²) in [7, 11) is 0. The molecule has 0 radical (unpaired) electrons. The Morgan fingerprint density at radius 2 is 1.87 bits per heavy atom. The molecular formula is C22H37N3O5. The number of amides is 1. The second-order valence-corrected chi connectivity index (χ2v) is 9.33. The monoisotopic (exact) mass is 423 g/mol. The van der Waals surface area contributed by atoms with Gasteiger partial charge in [-0.2, -0.15) is 0 Å². The predicted octanol–water partition coefficient (Wildman–Crippen LogP) is 3.29. The van der Waals surface area contributed by atoms with Gasteiger partial charge in [0.2, 0.25) is 0 Å². The third kappa shape index (κ3) is 11.7. The van der Waals surface area contributed by atoms with Crippen LogP contribution in [0.15, 0.2) is 18.2 Å². The minimum atomic E-state index is -0.549. The van der Waals surface area contributed by atoms with E-state index in [0.29, 0.717) is 24.6 Å². The number of ether oxygens (including phenoxy) is 2. The molecule has 170 valence electrons. The molecule has 0 aliphatic carbocycles. The standard InChI is InChI=1S/C17H27N3O3.C5H10O2/c1-17(2,3)23-16(22)20-15-6-4-5-13(19-15)11-14(21)12-7-9-18-10-8-12;1-5(2,3)7-4-6/h4-6,12,14,18,21H,7-11H2,1-3H3,(H,19,20,22);4H,1-3H3. The fraction of sp³-hybridized carbons (Fsp3) is 0.682. The highest BCUT2D eigenvalue weighted by Gasteiger charge is 2.22. The number of carbonyl (C=O) groups excluding carboxylic acids is 2. The van der Waals surface area contributed by atoms with Crippen LogP contribution < -0.4 is 10.6 Å². The van der Waals surface area contributed by atoms with E-state index in [2.05, 4.69) is 20.4 Å². The number of nitrogens with zero attached hydrogens (tertiary/aromatic N) is 1. The summed E-state index contributed by atoms with van der Waals surface area (Å²) in [6.45, 7) is 13.3. The summed E-state index contributed by atoms with van der Waals surface area (Å²) in [5, 5.41) is 16.3. The number of carbonyl (C=O) groups is 2. The minimum absolute atomic E-state index is 0.306. The van der Waals surface area contributed by atoms with Crippen molar-refractivity contribution in [3.63, 3.8) is 0 Å². The summed E-state index contributed by atoms with van der Waals surface area (Å²) < 4.78 is 9.76. The first kappa shape index (κ1) is 25.8. The zero-order valence-electron chi connectivity index (χ0n) is 19.0. The number of hydrogen-bond donors (Lipinski definition) is 3. The van der Waals surface area contributed by atoms with Crippen molar-refractivity contribution in [3.05, 3.63) is 23.9 Å². The van der Waals surface area contributed by atoms with Gasteiger partial charge in [0.15, 0.2) is 0 Å². The average Bonchev–Trinajstić information content (AvgIpc) is 2.60. The molecule has 0 aromatic carbocycles. The van der Waals surface area contributed by atoms with Gasteiger partial charge in [0.25, 0.3) is 6.47 Å². The SMILES string of the molecule is CC(C)(C)OC(=O)Nc1cccc(CC(O)C2CCNCC2)n1.CC(C)(C)OC=O. The molecular weight excluding hydrogens is 386 g/mol. The molecule has 3 N–H and O–H groups in total. The highest BCUT2D eigenvalue weighted by molar-refractivity contribution is 5.83. The van der Waals surface area contributed by atoms with Crippen LogP contribution in [0.3, 0.4) is 0 Å². The van der Waals surface area contributed by atoms with Crippen LogP contribution in [0.5, 0.6) is 0 Å². The summed E-state index contributed by atoms with van der Waals surface area (Å²) in [5.74, 6) is 0.745. The molecule has 1 aliphatic heterocycles. The number of aliphatic hydroxyl groups is 1. The second-order valence-electron chi connectivity index (χ2n) is 9.33. The normalized spacial score (nSPS) is 16.0. The number of aromatic nitrogens is 1. The second kappa shape index (κ2) is 11.9. The van der Waals surface area contributed by atoms with Crippen molar-refractivity contribution >= 4 is 18.4 Å². The Labute approximate surface area is 179 Å². The van der Waals surface area contributed by atoms with Crippen molar-refractivity contribution in [1.29, 1.82) is 0 Å². The first-order chi connectivity index (χ1) is 13.9. The maximum atomic E-state index is 11.8. The van der Waals surface area contributed by atoms with Gasteiger partial charge < -0.3 is 19.9 Å². The molecule has 1 fully saturated rings. The van der Waals surface area contributed by atoms with Crippen molar-refractivity contribution in [2.24, 2.45) is 5.92 Å². The van der Waals surface area contributed by atoms with Crippen molar-refractivity contribution in [1.82, 2.24) is 10.3 Å². The van der Waals surface area contributed by atoms with Crippen LogP contribution in [-0.2, 0) is 20.7 Å². The first-order valence-corrected chi connectivity index (χ1v) is 10.4. The average molecular weight is 424 g/mol. The van der Waals surface area contributed by atoms with Gasteiger partial charge >= 0.3 is 6.09 Å². The van der Waals surface area contributed by atoms with Crippen LogP contribution in [0.1, 0.15) is 60.1 Å². The van der Waals surface area contributed by atoms with Crippen LogP contribution in [0.25, 0.3) is 0 Å². The van der Waals surface area contributed by atoms with Crippen LogP contribution in [0.4, 0.5) is 10.6 Å². The molecule has 0 bridgehead atoms. The van der Waals surface area contributed by atoms with Gasteiger partial charge in [-0.3, -0.25) is 10.1 Å². The van der Waals surface area contributed by atoms with Crippen molar-refractivity contribution in [2.75, 3.05) is 18.4 Å². The lowest BCUT2D eigenvalue weighted by molar-refractivity contribution is -0.138. The van der Waals surface area contributed by atoms with E-state index in [-0.39, 0.29) is 5.60 Å². The van der Waals surface area contributed by atoms with E-state index in [1.54, 1.807) is 6.07 Å². The van der Waals surface area contributed by atoms with Gasteiger partial charge in [-0.05, 0) is 85.5 Å². The van der Waals surface area contributed by atoms with Crippen LogP contribution in [0.2, 0.25) is 0 Å². The minimum Gasteiger partial charge on any atom is -0.462 e. The fourth-order valence-electron chi connectivity index (χ4n) is 2.83. The Morgan fingerprint density at radius 3 is 2.37 bits per heavy atom. The highest BCUT2D eigenvalue weighted by Crippen LogP contribution is 2.20. The van der Waals surface area contributed by atoms with E-state index in [0.717, 1.165) is 31.6 Å². The number of aliphatic hydroxyl groups excluding tert-OH is 1. The van der Waals surface area contributed by atoms with Crippen molar-refractivity contribution in [2.45, 2.75) is 78.1 Å². The lowest BCUT2D eigenvalue weighted by atomic mass is 9.90. The largest absolute Gasteiger partial charge is 0.462 e. The first-order valence-electron chi connectivity index (χ1n) is 10.4. The smallest absolute Gasteiger partial charge is 0.413 e. The molecule has 0 spiro atoms. The fourth-order valence-corrected chi connectivity index (χ4v) is 2.83. The predicted molar refractivity (Wildman–Crippen MR) is 116 cm³/mol. The van der Waals surface area contributed by atoms with E-state index in [9.17, 15) is 14.7 Å². The molecule has 1 unspecified atom stereocenters. The van der Waals surface area contributed by atoms with Gasteiger partial charge in [0, 0.05) is 12.1 Å². The van der Waals surface area contributed by atoms with Gasteiger partial charge in [0.05, 0.1) is 6.10 Å². The molecule has 2 rings (SSSR count). The Bertz CT molecular complexity index is 661. The molecule has 1 saturated heterocycles. The molecule has 1 aliphatic rings. The van der Waals surface area contributed by atoms with E-state index in [1.807, 2.05) is 53.7 Å². The highest BCUT2D eigenvalue weighted by atomic mass is 16.6. The molecule has 2 heterocycles. The summed E-state index contributed by atoms with van der Waals surface area (Å²) in [6.07, 6.45) is 1.53. The summed E-state index contributed by atoms with van der Waals surface area (Å²) in [4.78, 5) is 25.8. The quantitative estimate of drug-likeness (QED) is 0.623. The molecule has 1 aromatic heterocycles. The third-order valence-corrected chi connectivity index (χ3v) is 4.18. The summed E-state index contributed by atoms with van der Waals surface area (Å²) in [5.41, 5.74) is -0.0983. The molecule has 8 heteroatoms. The molecule has 1 aromatic rings. The number of rotatable bonds is 5. The van der Waals surface area contributed by atoms with Crippen molar-refractivity contribution < 1.29 is 24.2 Å². The van der Waals surface area contributed by atoms with E-state index in [1.165, 1.54) is 0 Å². The Morgan fingerprint density at radius 1 is 1.23 bits per heavy atom. The van der Waals surface area contributed by atoms with Crippen LogP contribution in [-0.4, -0.2) is 53.1 Å². The lowest BCUT2D eigenvalue weighted by Crippen LogP contribution is -2.35. The number of nitrogens with one attached hydrogen (secondary N) is 2. The Balaban J connectivity index is 0.000000553. The zero-order chi connectivity index (χ0) is 22.8. The van der Waals surface area contributed by atoms with E-state index < -0.39 is 17.8 Å². The molecule has 8 nitrogen and oxygen atoms in total. The molecule has 1 amide bonds. The Kier molecular flexibility index (Phi) is 10.2. The van der Waals surface area contributed by atoms with Gasteiger partial charge in [-0.1, -0.05) is 6.07 Å². The topological polar surface area (TPSA) is 110 Å². The van der Waals surface area contributed by atoms with Gasteiger partial charge in [-0.25, -0.2) is 9.78 Å². The zero-order valence-corrected chi connectivity index (χ0v) is 19.0. The van der Waals surface area contributed by atoms with E-state index >= 15 is 0 Å². The number of anilines is 1. The van der Waals surface area contributed by atoms with Gasteiger partial charge in [-0.15, -0.1) is 0 Å². The number of pyridine rings is 1. The summed E-state index contributed by atoms with van der Waals surface area (Å²) in [6, 6.07) is 5.40. The number of piperidine rings is 1. The number of hydrogen-bond acceptors (Lipinski definition) is 7. The van der Waals surface area contributed by atoms with Crippen molar-refractivity contribution in [3.8, 4) is 0 Å². The third-order valence-electron chi connectivity index (χ3n) is 4.18. The van der Waals surface area contributed by atoms with Crippen LogP contribution >= 0.6 is 0 Å². The van der Waals surface area contributed by atoms with Crippen LogP contribution in [0, 0.1) is 5.92 Å². The molecule has 0 saturated carbocycles. The lowest BCUT2D eigenvalue weighted by Gasteiger charge is -2.27. The van der Waals surface area contributed by atoms with E-state index in [4.69, 9.17) is 4.74 Å². The maximum absolute atomic E-state index is 11.8.